The van der Waals surface area contributed by atoms with Crippen molar-refractivity contribution >= 4 is 30.8 Å². The van der Waals surface area contributed by atoms with Crippen LogP contribution in [0, 0.1) is 0 Å². The molecule has 2 aromatic rings. The highest BCUT2D eigenvalue weighted by Gasteiger charge is 2.09. The molecule has 7 nitrogen and oxygen atoms in total. The summed E-state index contributed by atoms with van der Waals surface area (Å²) in [6.07, 6.45) is 1.50. The molecule has 136 valence electrons. The van der Waals surface area contributed by atoms with Gasteiger partial charge in [0.05, 0.1) is 11.1 Å². The molecule has 2 N–H and O–H groups in total. The first-order valence-corrected chi connectivity index (χ1v) is 7.49. The van der Waals surface area contributed by atoms with E-state index >= 15 is 0 Å². The second-order valence-electron chi connectivity index (χ2n) is 4.40. The summed E-state index contributed by atoms with van der Waals surface area (Å²) in [6.45, 7) is 4.00. The van der Waals surface area contributed by atoms with Crippen molar-refractivity contribution in [2.45, 2.75) is 13.8 Å². The topological polar surface area (TPSA) is 126 Å². The molecule has 0 aromatic heterocycles. The normalized spacial score (nSPS) is 8.69. The summed E-state index contributed by atoms with van der Waals surface area (Å²) >= 11 is 0. The molecule has 2 aromatic carbocycles. The maximum atomic E-state index is 10.6. The summed E-state index contributed by atoms with van der Waals surface area (Å²) in [5.74, 6) is -2.29. The van der Waals surface area contributed by atoms with E-state index in [1.54, 1.807) is 12.1 Å². The van der Waals surface area contributed by atoms with Crippen molar-refractivity contribution in [1.29, 1.82) is 0 Å². The fraction of sp³-hybridized carbons (Fsp3) is 0.105. The Morgan fingerprint density at radius 2 is 1.23 bits per heavy atom. The van der Waals surface area contributed by atoms with Crippen LogP contribution in [0.4, 0.5) is 0 Å². The Labute approximate surface area is 149 Å². The number of benzene rings is 2. The van der Waals surface area contributed by atoms with Gasteiger partial charge in [-0.25, -0.2) is 9.59 Å². The van der Waals surface area contributed by atoms with E-state index in [1.165, 1.54) is 30.3 Å². The van der Waals surface area contributed by atoms with E-state index in [0.717, 1.165) is 0 Å². The van der Waals surface area contributed by atoms with Gasteiger partial charge in [-0.1, -0.05) is 44.2 Å². The van der Waals surface area contributed by atoms with Crippen LogP contribution in [0.3, 0.4) is 0 Å². The van der Waals surface area contributed by atoms with E-state index in [0.29, 0.717) is 18.9 Å². The van der Waals surface area contributed by atoms with Gasteiger partial charge in [-0.15, -0.1) is 0 Å². The summed E-state index contributed by atoms with van der Waals surface area (Å²) in [5.41, 5.74) is 0.406. The van der Waals surface area contributed by atoms with Crippen LogP contribution in [0.25, 0.3) is 0 Å². The molecule has 26 heavy (non-hydrogen) atoms. The maximum Gasteiger partial charge on any atom is 0.336 e. The van der Waals surface area contributed by atoms with Crippen LogP contribution in [-0.4, -0.2) is 41.0 Å². The van der Waals surface area contributed by atoms with Crippen molar-refractivity contribution in [2.24, 2.45) is 0 Å². The number of aromatic carboxylic acids is 2. The molecule has 0 radical (unpaired) electrons. The summed E-state index contributed by atoms with van der Waals surface area (Å²) < 4.78 is 0. The third-order valence-electron chi connectivity index (χ3n) is 2.89. The smallest absolute Gasteiger partial charge is 0.336 e. The van der Waals surface area contributed by atoms with Crippen molar-refractivity contribution in [3.05, 3.63) is 70.3 Å². The van der Waals surface area contributed by atoms with E-state index < -0.39 is 11.9 Å². The minimum Gasteiger partial charge on any atom is -0.478 e. The van der Waals surface area contributed by atoms with Gasteiger partial charge in [0, 0.05) is 16.7 Å². The molecule has 0 fully saturated rings. The zero-order valence-electron chi connectivity index (χ0n) is 14.2. The molecule has 0 amide bonds. The van der Waals surface area contributed by atoms with Gasteiger partial charge >= 0.3 is 11.9 Å². The molecule has 0 aliphatic carbocycles. The van der Waals surface area contributed by atoms with Gasteiger partial charge in [0.1, 0.15) is 6.29 Å². The molecule has 0 aliphatic heterocycles. The number of aldehydes is 3. The fourth-order valence-electron chi connectivity index (χ4n) is 1.73. The molecular weight excluding hydrogens is 340 g/mol. The van der Waals surface area contributed by atoms with Crippen molar-refractivity contribution in [3.63, 3.8) is 0 Å². The van der Waals surface area contributed by atoms with Gasteiger partial charge in [0.15, 0.2) is 12.6 Å². The molecule has 7 heteroatoms. The van der Waals surface area contributed by atoms with Crippen LogP contribution in [0.5, 0.6) is 0 Å². The Bertz CT molecular complexity index is 794. The van der Waals surface area contributed by atoms with E-state index in [1.807, 2.05) is 13.8 Å². The highest BCUT2D eigenvalue weighted by atomic mass is 16.4. The Morgan fingerprint density at radius 1 is 0.731 bits per heavy atom. The lowest BCUT2D eigenvalue weighted by Gasteiger charge is -1.98. The van der Waals surface area contributed by atoms with Gasteiger partial charge in [-0.3, -0.25) is 14.4 Å². The lowest BCUT2D eigenvalue weighted by molar-refractivity contribution is 0.0684. The average Bonchev–Trinajstić information content (AvgIpc) is 2.69. The fourth-order valence-corrected chi connectivity index (χ4v) is 1.73. The molecule has 0 saturated carbocycles. The van der Waals surface area contributed by atoms with Gasteiger partial charge < -0.3 is 10.2 Å². The van der Waals surface area contributed by atoms with Crippen LogP contribution < -0.4 is 0 Å². The van der Waals surface area contributed by atoms with Crippen molar-refractivity contribution in [1.82, 2.24) is 0 Å². The number of carbonyl (C=O) groups is 5. The average molecular weight is 358 g/mol. The Balaban J connectivity index is 0.000000444. The first kappa shape index (κ1) is 22.4. The van der Waals surface area contributed by atoms with Gasteiger partial charge in [-0.05, 0) is 12.1 Å². The molecule has 2 rings (SSSR count). The van der Waals surface area contributed by atoms with Crippen molar-refractivity contribution in [2.75, 3.05) is 0 Å². The predicted octanol–water partition coefficient (Wildman–Crippen LogP) is 3.23. The quantitative estimate of drug-likeness (QED) is 0.786. The van der Waals surface area contributed by atoms with Gasteiger partial charge in [0.25, 0.3) is 0 Å². The highest BCUT2D eigenvalue weighted by molar-refractivity contribution is 5.98. The molecule has 0 unspecified atom stereocenters. The zero-order valence-corrected chi connectivity index (χ0v) is 14.2. The largest absolute Gasteiger partial charge is 0.478 e. The van der Waals surface area contributed by atoms with Crippen LogP contribution >= 0.6 is 0 Å². The number of hydrogen-bond acceptors (Lipinski definition) is 5. The molecule has 0 aliphatic rings. The SMILES string of the molecule is CC.O=Cc1ccc(C=O)c(C(=O)O)c1.O=Cc1ccccc1C(=O)O. The molecule has 0 heterocycles. The summed E-state index contributed by atoms with van der Waals surface area (Å²) in [5, 5.41) is 17.2. The number of carboxylic acids is 2. The number of carbonyl (C=O) groups excluding carboxylic acids is 3. The van der Waals surface area contributed by atoms with Gasteiger partial charge in [0.2, 0.25) is 0 Å². The first-order chi connectivity index (χ1) is 12.4. The molecule has 0 spiro atoms. The second-order valence-corrected chi connectivity index (χ2v) is 4.40. The standard InChI is InChI=1S/C9H6O4.C8H6O3.C2H6/c10-4-6-1-2-7(5-11)8(3-6)9(12)13;9-5-6-3-1-2-4-7(6)8(10)11;1-2/h1-5H,(H,12,13);1-5H,(H,10,11);1-2H3. The predicted molar refractivity (Wildman–Crippen MR) is 94.3 cm³/mol. The van der Waals surface area contributed by atoms with Crippen molar-refractivity contribution in [3.8, 4) is 0 Å². The van der Waals surface area contributed by atoms with E-state index in [4.69, 9.17) is 10.2 Å². The molecule has 0 atom stereocenters. The summed E-state index contributed by atoms with van der Waals surface area (Å²) in [6, 6.07) is 9.93. The van der Waals surface area contributed by atoms with E-state index in [9.17, 15) is 24.0 Å². The third-order valence-corrected chi connectivity index (χ3v) is 2.89. The summed E-state index contributed by atoms with van der Waals surface area (Å²) in [7, 11) is 0. The third kappa shape index (κ3) is 6.48. The van der Waals surface area contributed by atoms with E-state index in [-0.39, 0.29) is 27.8 Å². The van der Waals surface area contributed by atoms with E-state index in [2.05, 4.69) is 0 Å². The summed E-state index contributed by atoms with van der Waals surface area (Å²) in [4.78, 5) is 51.9. The lowest BCUT2D eigenvalue weighted by atomic mass is 10.1. The van der Waals surface area contributed by atoms with Crippen LogP contribution in [0.15, 0.2) is 42.5 Å². The van der Waals surface area contributed by atoms with Gasteiger partial charge in [-0.2, -0.15) is 0 Å². The van der Waals surface area contributed by atoms with Crippen LogP contribution in [0.2, 0.25) is 0 Å². The minimum atomic E-state index is -1.22. The van der Waals surface area contributed by atoms with Crippen molar-refractivity contribution < 1.29 is 34.2 Å². The first-order valence-electron chi connectivity index (χ1n) is 7.49. The molecule has 0 saturated heterocycles. The Kier molecular flexibility index (Phi) is 10.2. The zero-order chi connectivity index (χ0) is 20.1. The Morgan fingerprint density at radius 3 is 1.65 bits per heavy atom. The lowest BCUT2D eigenvalue weighted by Crippen LogP contribution is -2.02. The molecular formula is C19H18O7. The number of carboxylic acid groups (broad SMARTS) is 2. The Hall–Kier alpha value is -3.61. The van der Waals surface area contributed by atoms with Crippen LogP contribution in [-0.2, 0) is 0 Å². The molecule has 0 bridgehead atoms. The number of rotatable bonds is 5. The monoisotopic (exact) mass is 358 g/mol. The van der Waals surface area contributed by atoms with Crippen LogP contribution in [0.1, 0.15) is 65.6 Å². The maximum absolute atomic E-state index is 10.6. The second kappa shape index (κ2) is 11.9. The number of hydrogen-bond donors (Lipinski definition) is 2. The minimum absolute atomic E-state index is 0.0440. The highest BCUT2D eigenvalue weighted by Crippen LogP contribution is 2.09.